The number of rotatable bonds is 12. The molecule has 1 saturated heterocycles. The number of carbonyl (C=O) groups excluding carboxylic acids is 2. The van der Waals surface area contributed by atoms with Gasteiger partial charge in [-0.3, -0.25) is 9.59 Å². The Hall–Kier alpha value is -3.05. The Bertz CT molecular complexity index is 1150. The van der Waals surface area contributed by atoms with Crippen LogP contribution in [0.3, 0.4) is 0 Å². The van der Waals surface area contributed by atoms with Crippen LogP contribution in [0, 0.1) is 0 Å². The molecule has 0 radical (unpaired) electrons. The fourth-order valence-electron chi connectivity index (χ4n) is 3.98. The van der Waals surface area contributed by atoms with Gasteiger partial charge in [-0.1, -0.05) is 36.4 Å². The topological polar surface area (TPSA) is 145 Å². The Morgan fingerprint density at radius 1 is 1.03 bits per heavy atom. The predicted octanol–water partition coefficient (Wildman–Crippen LogP) is 1.63. The summed E-state index contributed by atoms with van der Waals surface area (Å²) >= 11 is 0. The lowest BCUT2D eigenvalue weighted by Gasteiger charge is -2.26. The molecule has 5 N–H and O–H groups in total. The van der Waals surface area contributed by atoms with Gasteiger partial charge in [-0.2, -0.15) is 0 Å². The molecule has 37 heavy (non-hydrogen) atoms. The average molecular weight is 529 g/mol. The molecule has 2 aromatic carbocycles. The van der Waals surface area contributed by atoms with Gasteiger partial charge in [0.15, 0.2) is 9.84 Å². The Kier molecular flexibility index (Phi) is 10.8. The maximum atomic E-state index is 12.8. The zero-order valence-corrected chi connectivity index (χ0v) is 21.7. The maximum absolute atomic E-state index is 12.8. The third-order valence-corrected chi connectivity index (χ3v) is 7.59. The second-order valence-electron chi connectivity index (χ2n) is 9.00. The van der Waals surface area contributed by atoms with E-state index in [1.54, 1.807) is 47.4 Å². The number of unbranched alkanes of at least 4 members (excludes halogenated alkanes) is 1. The number of ether oxygens (including phenoxy) is 1. The SMILES string of the molecule is NCCCC[C@@H](/C=C/S(=O)(=O)c1ccccc1)NC(=O)[C@@H](N)Cc1ccc(C(=O)N2CCOCC2)cc1. The number of morpholine rings is 1. The second kappa shape index (κ2) is 14.0. The molecule has 10 heteroatoms. The van der Waals surface area contributed by atoms with Gasteiger partial charge in [-0.15, -0.1) is 0 Å². The highest BCUT2D eigenvalue weighted by Crippen LogP contribution is 2.14. The van der Waals surface area contributed by atoms with E-state index in [0.717, 1.165) is 23.8 Å². The van der Waals surface area contributed by atoms with Crippen molar-refractivity contribution < 1.29 is 22.7 Å². The average Bonchev–Trinajstić information content (AvgIpc) is 2.92. The molecular formula is C27H36N4O5S. The van der Waals surface area contributed by atoms with Crippen molar-refractivity contribution in [3.8, 4) is 0 Å². The van der Waals surface area contributed by atoms with Crippen molar-refractivity contribution in [1.29, 1.82) is 0 Å². The molecule has 2 atom stereocenters. The summed E-state index contributed by atoms with van der Waals surface area (Å²) in [5.74, 6) is -0.428. The van der Waals surface area contributed by atoms with Gasteiger partial charge in [0.1, 0.15) is 0 Å². The Morgan fingerprint density at radius 3 is 2.35 bits per heavy atom. The van der Waals surface area contributed by atoms with E-state index >= 15 is 0 Å². The van der Waals surface area contributed by atoms with Crippen LogP contribution >= 0.6 is 0 Å². The van der Waals surface area contributed by atoms with Crippen LogP contribution in [0.25, 0.3) is 0 Å². The van der Waals surface area contributed by atoms with E-state index in [0.29, 0.717) is 44.8 Å². The van der Waals surface area contributed by atoms with Crippen LogP contribution in [-0.2, 0) is 25.8 Å². The molecule has 1 heterocycles. The van der Waals surface area contributed by atoms with E-state index in [4.69, 9.17) is 16.2 Å². The third-order valence-electron chi connectivity index (χ3n) is 6.15. The van der Waals surface area contributed by atoms with Crippen LogP contribution in [-0.4, -0.2) is 70.1 Å². The van der Waals surface area contributed by atoms with Crippen LogP contribution in [0.4, 0.5) is 0 Å². The van der Waals surface area contributed by atoms with E-state index in [1.807, 2.05) is 0 Å². The second-order valence-corrected chi connectivity index (χ2v) is 10.8. The minimum absolute atomic E-state index is 0.0468. The monoisotopic (exact) mass is 528 g/mol. The molecule has 0 saturated carbocycles. The summed E-state index contributed by atoms with van der Waals surface area (Å²) < 4.78 is 30.5. The van der Waals surface area contributed by atoms with Crippen LogP contribution in [0.15, 0.2) is 71.0 Å². The first-order valence-electron chi connectivity index (χ1n) is 12.5. The molecule has 0 unspecified atom stereocenters. The minimum atomic E-state index is -3.64. The van der Waals surface area contributed by atoms with E-state index < -0.39 is 21.9 Å². The number of nitrogens with zero attached hydrogens (tertiary/aromatic N) is 1. The van der Waals surface area contributed by atoms with Crippen LogP contribution < -0.4 is 16.8 Å². The highest BCUT2D eigenvalue weighted by Gasteiger charge is 2.20. The largest absolute Gasteiger partial charge is 0.378 e. The number of hydrogen-bond acceptors (Lipinski definition) is 7. The zero-order chi connectivity index (χ0) is 26.7. The molecule has 200 valence electrons. The molecule has 0 spiro atoms. The summed E-state index contributed by atoms with van der Waals surface area (Å²) in [6.45, 7) is 2.72. The zero-order valence-electron chi connectivity index (χ0n) is 20.9. The lowest BCUT2D eigenvalue weighted by atomic mass is 10.0. The third kappa shape index (κ3) is 8.78. The molecule has 3 rings (SSSR count). The normalized spacial score (nSPS) is 15.9. The summed E-state index contributed by atoms with van der Waals surface area (Å²) in [5, 5.41) is 3.99. The summed E-state index contributed by atoms with van der Waals surface area (Å²) in [5.41, 5.74) is 13.2. The number of nitrogens with one attached hydrogen (secondary N) is 1. The van der Waals surface area contributed by atoms with Crippen molar-refractivity contribution in [2.75, 3.05) is 32.8 Å². The van der Waals surface area contributed by atoms with Crippen LogP contribution in [0.1, 0.15) is 35.2 Å². The van der Waals surface area contributed by atoms with Crippen molar-refractivity contribution in [1.82, 2.24) is 10.2 Å². The Morgan fingerprint density at radius 2 is 1.70 bits per heavy atom. The molecule has 1 aliphatic rings. The minimum Gasteiger partial charge on any atom is -0.378 e. The molecule has 0 aliphatic carbocycles. The van der Waals surface area contributed by atoms with Crippen molar-refractivity contribution in [2.24, 2.45) is 11.5 Å². The van der Waals surface area contributed by atoms with Gasteiger partial charge in [0.2, 0.25) is 5.91 Å². The smallest absolute Gasteiger partial charge is 0.254 e. The quantitative estimate of drug-likeness (QED) is 0.355. The van der Waals surface area contributed by atoms with Gasteiger partial charge in [0, 0.05) is 30.1 Å². The molecule has 0 bridgehead atoms. The molecule has 1 aliphatic heterocycles. The summed E-state index contributed by atoms with van der Waals surface area (Å²) in [4.78, 5) is 27.4. The first-order chi connectivity index (χ1) is 17.8. The predicted molar refractivity (Wildman–Crippen MR) is 142 cm³/mol. The lowest BCUT2D eigenvalue weighted by Crippen LogP contribution is -2.46. The van der Waals surface area contributed by atoms with Gasteiger partial charge >= 0.3 is 0 Å². The van der Waals surface area contributed by atoms with Crippen molar-refractivity contribution in [2.45, 2.75) is 42.7 Å². The van der Waals surface area contributed by atoms with Gasteiger partial charge in [0.25, 0.3) is 5.91 Å². The highest BCUT2D eigenvalue weighted by molar-refractivity contribution is 7.94. The Balaban J connectivity index is 1.60. The standard InChI is InChI=1S/C27H36N4O5S/c28-14-5-4-6-23(13-19-37(34,35)24-7-2-1-3-8-24)30-26(32)25(29)20-21-9-11-22(12-10-21)27(33)31-15-17-36-18-16-31/h1-3,7-13,19,23,25H,4-6,14-18,20,28-29H2,(H,30,32)/b19-13+/t23-,25-/m0/s1. The van der Waals surface area contributed by atoms with Gasteiger partial charge in [0.05, 0.1) is 24.2 Å². The van der Waals surface area contributed by atoms with Gasteiger partial charge in [-0.05, 0) is 62.1 Å². The number of nitrogens with two attached hydrogens (primary N) is 2. The summed E-state index contributed by atoms with van der Waals surface area (Å²) in [6.07, 6.45) is 3.79. The van der Waals surface area contributed by atoms with Crippen LogP contribution in [0.2, 0.25) is 0 Å². The number of sulfone groups is 1. The number of hydrogen-bond donors (Lipinski definition) is 3. The fourth-order valence-corrected chi connectivity index (χ4v) is 5.07. The summed E-state index contributed by atoms with van der Waals surface area (Å²) in [7, 11) is -3.64. The van der Waals surface area contributed by atoms with Crippen molar-refractivity contribution in [3.63, 3.8) is 0 Å². The first-order valence-corrected chi connectivity index (χ1v) is 14.0. The number of benzene rings is 2. The molecular weight excluding hydrogens is 492 g/mol. The van der Waals surface area contributed by atoms with E-state index in [-0.39, 0.29) is 23.1 Å². The van der Waals surface area contributed by atoms with E-state index in [1.165, 1.54) is 18.2 Å². The molecule has 0 aromatic heterocycles. The van der Waals surface area contributed by atoms with E-state index in [9.17, 15) is 18.0 Å². The van der Waals surface area contributed by atoms with Gasteiger partial charge in [-0.25, -0.2) is 8.42 Å². The van der Waals surface area contributed by atoms with Crippen molar-refractivity contribution >= 4 is 21.7 Å². The van der Waals surface area contributed by atoms with Gasteiger partial charge < -0.3 is 26.4 Å². The molecule has 1 fully saturated rings. The molecule has 2 amide bonds. The number of carbonyl (C=O) groups is 2. The molecule has 9 nitrogen and oxygen atoms in total. The van der Waals surface area contributed by atoms with Crippen LogP contribution in [0.5, 0.6) is 0 Å². The molecule has 2 aromatic rings. The lowest BCUT2D eigenvalue weighted by molar-refractivity contribution is -0.122. The van der Waals surface area contributed by atoms with Crippen molar-refractivity contribution in [3.05, 3.63) is 77.2 Å². The Labute approximate surface area is 218 Å². The highest BCUT2D eigenvalue weighted by atomic mass is 32.2. The number of amides is 2. The fraction of sp³-hybridized carbons (Fsp3) is 0.407. The summed E-state index contributed by atoms with van der Waals surface area (Å²) in [6, 6.07) is 13.8. The maximum Gasteiger partial charge on any atom is 0.254 e. The first kappa shape index (κ1) is 28.5. The van der Waals surface area contributed by atoms with E-state index in [2.05, 4.69) is 5.32 Å².